The number of hydrogen-bond acceptors (Lipinski definition) is 1. The van der Waals surface area contributed by atoms with Gasteiger partial charge in [-0.2, -0.15) is 0 Å². The van der Waals surface area contributed by atoms with Crippen LogP contribution in [0.1, 0.15) is 23.5 Å². The van der Waals surface area contributed by atoms with Crippen LogP contribution in [0.25, 0.3) is 0 Å². The van der Waals surface area contributed by atoms with Gasteiger partial charge in [0.2, 0.25) is 0 Å². The second-order valence-electron chi connectivity index (χ2n) is 5.64. The van der Waals surface area contributed by atoms with Gasteiger partial charge in [-0.3, -0.25) is 0 Å². The van der Waals surface area contributed by atoms with Gasteiger partial charge in [-0.05, 0) is 55.0 Å². The van der Waals surface area contributed by atoms with E-state index in [1.54, 1.807) is 12.1 Å². The fourth-order valence-electron chi connectivity index (χ4n) is 3.08. The van der Waals surface area contributed by atoms with E-state index in [0.717, 1.165) is 6.42 Å². The minimum atomic E-state index is -0.164. The fourth-order valence-corrected chi connectivity index (χ4v) is 3.08. The van der Waals surface area contributed by atoms with Crippen LogP contribution >= 0.6 is 0 Å². The average Bonchev–Trinajstić information content (AvgIpc) is 3.28. The summed E-state index contributed by atoms with van der Waals surface area (Å²) < 4.78 is 12.9. The lowest BCUT2D eigenvalue weighted by Crippen LogP contribution is -2.30. The van der Waals surface area contributed by atoms with Crippen LogP contribution in [0.3, 0.4) is 0 Å². The van der Waals surface area contributed by atoms with Gasteiger partial charge in [0.15, 0.2) is 0 Å². The van der Waals surface area contributed by atoms with Crippen molar-refractivity contribution >= 4 is 0 Å². The summed E-state index contributed by atoms with van der Waals surface area (Å²) in [6.45, 7) is 0. The summed E-state index contributed by atoms with van der Waals surface area (Å²) in [4.78, 5) is 0. The number of hydrogen-bond donors (Lipinski definition) is 1. The molecule has 3 unspecified atom stereocenters. The third kappa shape index (κ3) is 2.91. The minimum absolute atomic E-state index is 0.164. The monoisotopic (exact) mass is 269 g/mol. The standard InChI is InChI=1S/C18H20FN/c1-20-18(11-13-7-9-15(19)10-8-13)17-12-16(17)14-5-3-2-4-6-14/h2-10,16-18,20H,11-12H2,1H3. The van der Waals surface area contributed by atoms with E-state index in [2.05, 4.69) is 35.6 Å². The quantitative estimate of drug-likeness (QED) is 0.871. The molecular formula is C18H20FN. The van der Waals surface area contributed by atoms with Crippen LogP contribution < -0.4 is 5.32 Å². The highest BCUT2D eigenvalue weighted by molar-refractivity contribution is 5.27. The minimum Gasteiger partial charge on any atom is -0.316 e. The van der Waals surface area contributed by atoms with Crippen LogP contribution in [-0.4, -0.2) is 13.1 Å². The Bertz CT molecular complexity index is 549. The third-order valence-electron chi connectivity index (χ3n) is 4.32. The Balaban J connectivity index is 1.65. The zero-order valence-corrected chi connectivity index (χ0v) is 11.7. The molecule has 0 radical (unpaired) electrons. The number of benzene rings is 2. The highest BCUT2D eigenvalue weighted by atomic mass is 19.1. The van der Waals surface area contributed by atoms with E-state index < -0.39 is 0 Å². The van der Waals surface area contributed by atoms with Crippen molar-refractivity contribution in [3.05, 3.63) is 71.5 Å². The van der Waals surface area contributed by atoms with Crippen LogP contribution in [-0.2, 0) is 6.42 Å². The Hall–Kier alpha value is -1.67. The summed E-state index contributed by atoms with van der Waals surface area (Å²) in [6.07, 6.45) is 2.21. The lowest BCUT2D eigenvalue weighted by molar-refractivity contribution is 0.490. The number of halogens is 1. The molecule has 0 aromatic heterocycles. The van der Waals surface area contributed by atoms with Crippen LogP contribution in [0, 0.1) is 11.7 Å². The van der Waals surface area contributed by atoms with Gasteiger partial charge in [-0.1, -0.05) is 42.5 Å². The Morgan fingerprint density at radius 1 is 1.10 bits per heavy atom. The first-order valence-electron chi connectivity index (χ1n) is 7.24. The molecule has 1 aliphatic rings. The Morgan fingerprint density at radius 3 is 2.45 bits per heavy atom. The Kier molecular flexibility index (Phi) is 3.83. The van der Waals surface area contributed by atoms with Gasteiger partial charge in [0, 0.05) is 6.04 Å². The van der Waals surface area contributed by atoms with Crippen LogP contribution in [0.4, 0.5) is 4.39 Å². The van der Waals surface area contributed by atoms with Crippen molar-refractivity contribution in [3.63, 3.8) is 0 Å². The molecule has 1 aliphatic carbocycles. The van der Waals surface area contributed by atoms with Gasteiger partial charge >= 0.3 is 0 Å². The highest BCUT2D eigenvalue weighted by Crippen LogP contribution is 2.49. The van der Waals surface area contributed by atoms with Crippen LogP contribution in [0.15, 0.2) is 54.6 Å². The van der Waals surface area contributed by atoms with Gasteiger partial charge in [0.1, 0.15) is 5.82 Å². The fraction of sp³-hybridized carbons (Fsp3) is 0.333. The average molecular weight is 269 g/mol. The van der Waals surface area contributed by atoms with E-state index >= 15 is 0 Å². The molecule has 0 saturated heterocycles. The van der Waals surface area contributed by atoms with E-state index in [0.29, 0.717) is 17.9 Å². The van der Waals surface area contributed by atoms with E-state index in [1.807, 2.05) is 19.2 Å². The van der Waals surface area contributed by atoms with Gasteiger partial charge in [0.05, 0.1) is 0 Å². The second-order valence-corrected chi connectivity index (χ2v) is 5.64. The zero-order valence-electron chi connectivity index (χ0n) is 11.7. The molecule has 1 fully saturated rings. The number of nitrogens with one attached hydrogen (secondary N) is 1. The molecule has 1 N–H and O–H groups in total. The maximum Gasteiger partial charge on any atom is 0.123 e. The maximum atomic E-state index is 12.9. The maximum absolute atomic E-state index is 12.9. The first kappa shape index (κ1) is 13.3. The second kappa shape index (κ2) is 5.76. The topological polar surface area (TPSA) is 12.0 Å². The SMILES string of the molecule is CNC(Cc1ccc(F)cc1)C1CC1c1ccccc1. The van der Waals surface area contributed by atoms with Crippen LogP contribution in [0.5, 0.6) is 0 Å². The molecule has 2 aromatic carbocycles. The molecule has 1 nitrogen and oxygen atoms in total. The summed E-state index contributed by atoms with van der Waals surface area (Å²) in [5, 5.41) is 3.43. The zero-order chi connectivity index (χ0) is 13.9. The predicted octanol–water partition coefficient (Wildman–Crippen LogP) is 3.76. The van der Waals surface area contributed by atoms with Crippen molar-refractivity contribution < 1.29 is 4.39 Å². The molecule has 20 heavy (non-hydrogen) atoms. The summed E-state index contributed by atoms with van der Waals surface area (Å²) in [7, 11) is 2.02. The molecule has 0 amide bonds. The molecule has 3 atom stereocenters. The van der Waals surface area contributed by atoms with Crippen molar-refractivity contribution in [1.29, 1.82) is 0 Å². The summed E-state index contributed by atoms with van der Waals surface area (Å²) in [5.74, 6) is 1.20. The van der Waals surface area contributed by atoms with Crippen molar-refractivity contribution in [2.24, 2.45) is 5.92 Å². The van der Waals surface area contributed by atoms with Crippen molar-refractivity contribution in [3.8, 4) is 0 Å². The Labute approximate surface area is 119 Å². The largest absolute Gasteiger partial charge is 0.316 e. The smallest absolute Gasteiger partial charge is 0.123 e. The lowest BCUT2D eigenvalue weighted by Gasteiger charge is -2.16. The van der Waals surface area contributed by atoms with Crippen molar-refractivity contribution in [2.45, 2.75) is 24.8 Å². The summed E-state index contributed by atoms with van der Waals surface area (Å²) in [5.41, 5.74) is 2.64. The van der Waals surface area contributed by atoms with Crippen molar-refractivity contribution in [2.75, 3.05) is 7.05 Å². The summed E-state index contributed by atoms with van der Waals surface area (Å²) >= 11 is 0. The van der Waals surface area contributed by atoms with Gasteiger partial charge in [0.25, 0.3) is 0 Å². The van der Waals surface area contributed by atoms with E-state index in [9.17, 15) is 4.39 Å². The molecule has 3 rings (SSSR count). The molecule has 0 bridgehead atoms. The number of likely N-dealkylation sites (N-methyl/N-ethyl adjacent to an activating group) is 1. The van der Waals surface area contributed by atoms with E-state index in [-0.39, 0.29) is 5.82 Å². The van der Waals surface area contributed by atoms with Gasteiger partial charge in [-0.15, -0.1) is 0 Å². The molecule has 0 spiro atoms. The molecular weight excluding hydrogens is 249 g/mol. The molecule has 104 valence electrons. The third-order valence-corrected chi connectivity index (χ3v) is 4.32. The normalized spacial score (nSPS) is 22.5. The highest BCUT2D eigenvalue weighted by Gasteiger charge is 2.42. The lowest BCUT2D eigenvalue weighted by atomic mass is 9.99. The number of rotatable bonds is 5. The molecule has 2 aromatic rings. The van der Waals surface area contributed by atoms with E-state index in [4.69, 9.17) is 0 Å². The van der Waals surface area contributed by atoms with Crippen molar-refractivity contribution in [1.82, 2.24) is 5.32 Å². The predicted molar refractivity (Wildman–Crippen MR) is 80.2 cm³/mol. The van der Waals surface area contributed by atoms with Gasteiger partial charge < -0.3 is 5.32 Å². The molecule has 1 saturated carbocycles. The Morgan fingerprint density at radius 2 is 1.80 bits per heavy atom. The summed E-state index contributed by atoms with van der Waals surface area (Å²) in [6, 6.07) is 18.1. The molecule has 2 heteroatoms. The van der Waals surface area contributed by atoms with Crippen LogP contribution in [0.2, 0.25) is 0 Å². The first-order chi connectivity index (χ1) is 9.78. The molecule has 0 aliphatic heterocycles. The molecule has 0 heterocycles. The first-order valence-corrected chi connectivity index (χ1v) is 7.24. The van der Waals surface area contributed by atoms with Gasteiger partial charge in [-0.25, -0.2) is 4.39 Å². The van der Waals surface area contributed by atoms with E-state index in [1.165, 1.54) is 17.5 Å².